The van der Waals surface area contributed by atoms with Gasteiger partial charge in [-0.25, -0.2) is 0 Å². The van der Waals surface area contributed by atoms with Crippen molar-refractivity contribution in [2.45, 2.75) is 45.6 Å². The topological polar surface area (TPSA) is 26.0 Å². The molecule has 1 atom stereocenters. The number of hydrogen-bond donors (Lipinski definition) is 1. The van der Waals surface area contributed by atoms with Gasteiger partial charge in [-0.3, -0.25) is 0 Å². The van der Waals surface area contributed by atoms with E-state index in [9.17, 15) is 0 Å². The molecule has 78 valence electrons. The van der Waals surface area contributed by atoms with Crippen LogP contribution < -0.4 is 5.73 Å². The van der Waals surface area contributed by atoms with Gasteiger partial charge in [0.1, 0.15) is 0 Å². The van der Waals surface area contributed by atoms with E-state index in [1.54, 1.807) is 0 Å². The van der Waals surface area contributed by atoms with Crippen LogP contribution in [0.5, 0.6) is 0 Å². The summed E-state index contributed by atoms with van der Waals surface area (Å²) in [6.45, 7) is 8.73. The lowest BCUT2D eigenvalue weighted by Gasteiger charge is -2.19. The van der Waals surface area contributed by atoms with E-state index in [0.29, 0.717) is 0 Å². The fourth-order valence-corrected chi connectivity index (χ4v) is 1.51. The Morgan fingerprint density at radius 2 is 1.64 bits per heavy atom. The quantitative estimate of drug-likeness (QED) is 0.764. The van der Waals surface area contributed by atoms with E-state index >= 15 is 0 Å². The molecule has 0 radical (unpaired) electrons. The van der Waals surface area contributed by atoms with Crippen molar-refractivity contribution in [2.24, 2.45) is 5.73 Å². The van der Waals surface area contributed by atoms with Crippen LogP contribution in [-0.4, -0.2) is 6.04 Å². The predicted octanol–water partition coefficient (Wildman–Crippen LogP) is 2.87. The van der Waals surface area contributed by atoms with Gasteiger partial charge in [0.25, 0.3) is 0 Å². The molecule has 1 rings (SSSR count). The summed E-state index contributed by atoms with van der Waals surface area (Å²) in [7, 11) is 0. The van der Waals surface area contributed by atoms with E-state index in [-0.39, 0.29) is 11.5 Å². The van der Waals surface area contributed by atoms with Crippen LogP contribution in [0, 0.1) is 0 Å². The minimum absolute atomic E-state index is 0.243. The first-order valence-electron chi connectivity index (χ1n) is 5.24. The standard InChI is InChI=1S/C13H21N/c1-10(14)9-11-5-7-12(8-6-11)13(2,3)4/h5-8,10H,9,14H2,1-4H3/t10-/m1/s1. The second-order valence-corrected chi connectivity index (χ2v) is 5.13. The summed E-state index contributed by atoms with van der Waals surface area (Å²) in [6, 6.07) is 9.03. The van der Waals surface area contributed by atoms with Crippen molar-refractivity contribution in [1.29, 1.82) is 0 Å². The minimum Gasteiger partial charge on any atom is -0.328 e. The molecule has 0 saturated carbocycles. The zero-order valence-corrected chi connectivity index (χ0v) is 9.67. The van der Waals surface area contributed by atoms with E-state index in [1.807, 2.05) is 6.92 Å². The molecule has 1 aromatic rings. The lowest BCUT2D eigenvalue weighted by molar-refractivity contribution is 0.589. The van der Waals surface area contributed by atoms with Crippen LogP contribution in [0.4, 0.5) is 0 Å². The van der Waals surface area contributed by atoms with Gasteiger partial charge in [0.05, 0.1) is 0 Å². The van der Waals surface area contributed by atoms with E-state index in [2.05, 4.69) is 45.0 Å². The third-order valence-electron chi connectivity index (χ3n) is 2.38. The third kappa shape index (κ3) is 3.15. The fourth-order valence-electron chi connectivity index (χ4n) is 1.51. The lowest BCUT2D eigenvalue weighted by Crippen LogP contribution is -2.18. The third-order valence-corrected chi connectivity index (χ3v) is 2.38. The smallest absolute Gasteiger partial charge is 0.00509 e. The normalized spacial score (nSPS) is 14.1. The molecule has 0 aliphatic carbocycles. The SMILES string of the molecule is C[C@@H](N)Cc1ccc(C(C)(C)C)cc1. The van der Waals surface area contributed by atoms with Crippen LogP contribution in [0.3, 0.4) is 0 Å². The van der Waals surface area contributed by atoms with Gasteiger partial charge < -0.3 is 5.73 Å². The maximum Gasteiger partial charge on any atom is 0.00509 e. The largest absolute Gasteiger partial charge is 0.328 e. The maximum atomic E-state index is 5.75. The van der Waals surface area contributed by atoms with Crippen molar-refractivity contribution in [2.75, 3.05) is 0 Å². The number of rotatable bonds is 2. The number of hydrogen-bond acceptors (Lipinski definition) is 1. The van der Waals surface area contributed by atoms with Crippen molar-refractivity contribution in [3.8, 4) is 0 Å². The van der Waals surface area contributed by atoms with Crippen molar-refractivity contribution < 1.29 is 0 Å². The Kier molecular flexibility index (Phi) is 3.33. The van der Waals surface area contributed by atoms with Crippen molar-refractivity contribution in [3.63, 3.8) is 0 Å². The first kappa shape index (κ1) is 11.3. The first-order valence-corrected chi connectivity index (χ1v) is 5.24. The molecule has 2 N–H and O–H groups in total. The Bertz CT molecular complexity index is 277. The van der Waals surface area contributed by atoms with Crippen molar-refractivity contribution >= 4 is 0 Å². The zero-order valence-electron chi connectivity index (χ0n) is 9.67. The van der Waals surface area contributed by atoms with Crippen LogP contribution in [0.15, 0.2) is 24.3 Å². The second kappa shape index (κ2) is 4.14. The Morgan fingerprint density at radius 3 is 2.00 bits per heavy atom. The molecular weight excluding hydrogens is 170 g/mol. The minimum atomic E-state index is 0.243. The number of nitrogens with two attached hydrogens (primary N) is 1. The average Bonchev–Trinajstić information content (AvgIpc) is 2.02. The highest BCUT2D eigenvalue weighted by atomic mass is 14.6. The second-order valence-electron chi connectivity index (χ2n) is 5.13. The van der Waals surface area contributed by atoms with Crippen LogP contribution in [0.25, 0.3) is 0 Å². The summed E-state index contributed by atoms with van der Waals surface area (Å²) in [5.74, 6) is 0. The van der Waals surface area contributed by atoms with E-state index < -0.39 is 0 Å². The van der Waals surface area contributed by atoms with Crippen LogP contribution in [-0.2, 0) is 11.8 Å². The van der Waals surface area contributed by atoms with Gasteiger partial charge in [0, 0.05) is 6.04 Å². The molecule has 0 aromatic heterocycles. The van der Waals surface area contributed by atoms with Crippen molar-refractivity contribution in [3.05, 3.63) is 35.4 Å². The molecule has 14 heavy (non-hydrogen) atoms. The molecule has 0 heterocycles. The Hall–Kier alpha value is -0.820. The summed E-state index contributed by atoms with van der Waals surface area (Å²) < 4.78 is 0. The summed E-state index contributed by atoms with van der Waals surface area (Å²) in [5.41, 5.74) is 8.70. The van der Waals surface area contributed by atoms with Gasteiger partial charge in [-0.15, -0.1) is 0 Å². The summed E-state index contributed by atoms with van der Waals surface area (Å²) in [4.78, 5) is 0. The van der Waals surface area contributed by atoms with Gasteiger partial charge in [0.2, 0.25) is 0 Å². The van der Waals surface area contributed by atoms with Gasteiger partial charge in [0.15, 0.2) is 0 Å². The monoisotopic (exact) mass is 191 g/mol. The molecule has 0 saturated heterocycles. The fraction of sp³-hybridized carbons (Fsp3) is 0.538. The van der Waals surface area contributed by atoms with Gasteiger partial charge in [-0.1, -0.05) is 45.0 Å². The van der Waals surface area contributed by atoms with Crippen LogP contribution in [0.1, 0.15) is 38.8 Å². The molecule has 0 bridgehead atoms. The Morgan fingerprint density at radius 1 is 1.14 bits per heavy atom. The van der Waals surface area contributed by atoms with Gasteiger partial charge >= 0.3 is 0 Å². The zero-order chi connectivity index (χ0) is 10.8. The van der Waals surface area contributed by atoms with Gasteiger partial charge in [-0.05, 0) is 29.9 Å². The van der Waals surface area contributed by atoms with Crippen molar-refractivity contribution in [1.82, 2.24) is 0 Å². The summed E-state index contributed by atoms with van der Waals surface area (Å²) in [6.07, 6.45) is 0.963. The molecule has 0 fully saturated rings. The Balaban J connectivity index is 2.79. The molecular formula is C13H21N. The highest BCUT2D eigenvalue weighted by Crippen LogP contribution is 2.22. The van der Waals surface area contributed by atoms with Gasteiger partial charge in [-0.2, -0.15) is 0 Å². The molecule has 0 amide bonds. The summed E-state index contributed by atoms with van der Waals surface area (Å²) in [5, 5.41) is 0. The van der Waals surface area contributed by atoms with E-state index in [0.717, 1.165) is 6.42 Å². The molecule has 0 aliphatic rings. The molecule has 0 aliphatic heterocycles. The number of benzene rings is 1. The molecule has 0 spiro atoms. The molecule has 1 heteroatoms. The first-order chi connectivity index (χ1) is 6.39. The highest BCUT2D eigenvalue weighted by molar-refractivity contribution is 5.27. The van der Waals surface area contributed by atoms with E-state index in [4.69, 9.17) is 5.73 Å². The predicted molar refractivity (Wildman–Crippen MR) is 62.5 cm³/mol. The molecule has 0 unspecified atom stereocenters. The van der Waals surface area contributed by atoms with Crippen LogP contribution in [0.2, 0.25) is 0 Å². The maximum absolute atomic E-state index is 5.75. The molecule has 1 aromatic carbocycles. The van der Waals surface area contributed by atoms with E-state index in [1.165, 1.54) is 11.1 Å². The average molecular weight is 191 g/mol. The molecule has 1 nitrogen and oxygen atoms in total. The van der Waals surface area contributed by atoms with Crippen LogP contribution >= 0.6 is 0 Å². The summed E-state index contributed by atoms with van der Waals surface area (Å²) >= 11 is 0. The Labute approximate surface area is 87.3 Å². The lowest BCUT2D eigenvalue weighted by atomic mass is 9.86. The highest BCUT2D eigenvalue weighted by Gasteiger charge is 2.12.